The molecule has 39 heavy (non-hydrogen) atoms. The number of hydrogen-bond donors (Lipinski definition) is 0. The van der Waals surface area contributed by atoms with Crippen LogP contribution in [-0.4, -0.2) is 25.6 Å². The highest BCUT2D eigenvalue weighted by atomic mass is 16.5. The molecule has 216 valence electrons. The van der Waals surface area contributed by atoms with Crippen molar-refractivity contribution in [3.05, 3.63) is 59.2 Å². The number of benzene rings is 2. The Hall–Kier alpha value is -2.75. The Balaban J connectivity index is 2.18. The minimum absolute atomic E-state index is 0.0919. The van der Waals surface area contributed by atoms with E-state index in [0.717, 1.165) is 49.8 Å². The van der Waals surface area contributed by atoms with Gasteiger partial charge in [0.05, 0.1) is 25.4 Å². The lowest BCUT2D eigenvalue weighted by molar-refractivity contribution is 0.104. The molecular formula is C35H52O4. The molecule has 0 aromatic heterocycles. The minimum Gasteiger partial charge on any atom is -0.494 e. The zero-order valence-electron chi connectivity index (χ0n) is 25.1. The Morgan fingerprint density at radius 2 is 1.21 bits per heavy atom. The lowest BCUT2D eigenvalue weighted by Gasteiger charge is -2.13. The van der Waals surface area contributed by atoms with Gasteiger partial charge >= 0.3 is 0 Å². The van der Waals surface area contributed by atoms with Crippen LogP contribution < -0.4 is 14.2 Å². The summed E-state index contributed by atoms with van der Waals surface area (Å²) in [7, 11) is 0. The number of hydrogen-bond acceptors (Lipinski definition) is 4. The molecule has 2 aromatic rings. The molecule has 4 heteroatoms. The SMILES string of the molecule is CCCCCCOc1ccc(OCCCCCC)c(C(=O)C=Cc2cc(CC)ccc2OCCCCCC)c1. The van der Waals surface area contributed by atoms with Crippen LogP contribution in [0, 0.1) is 0 Å². The van der Waals surface area contributed by atoms with Gasteiger partial charge in [0.2, 0.25) is 0 Å². The van der Waals surface area contributed by atoms with Crippen molar-refractivity contribution >= 4 is 11.9 Å². The molecule has 0 saturated heterocycles. The molecule has 2 rings (SSSR count). The van der Waals surface area contributed by atoms with Crippen LogP contribution in [-0.2, 0) is 6.42 Å². The third kappa shape index (κ3) is 12.8. The van der Waals surface area contributed by atoms with E-state index in [1.807, 2.05) is 30.3 Å². The fraction of sp³-hybridized carbons (Fsp3) is 0.571. The highest BCUT2D eigenvalue weighted by molar-refractivity contribution is 6.09. The van der Waals surface area contributed by atoms with Crippen molar-refractivity contribution in [3.8, 4) is 17.2 Å². The summed E-state index contributed by atoms with van der Waals surface area (Å²) in [5, 5.41) is 0. The highest BCUT2D eigenvalue weighted by Crippen LogP contribution is 2.28. The molecule has 0 bridgehead atoms. The molecule has 0 aliphatic carbocycles. The van der Waals surface area contributed by atoms with Gasteiger partial charge in [0.15, 0.2) is 5.78 Å². The first kappa shape index (κ1) is 32.5. The van der Waals surface area contributed by atoms with Crippen LogP contribution >= 0.6 is 0 Å². The predicted molar refractivity (Wildman–Crippen MR) is 165 cm³/mol. The van der Waals surface area contributed by atoms with Gasteiger partial charge in [-0.05, 0) is 73.7 Å². The average Bonchev–Trinajstić information content (AvgIpc) is 2.96. The van der Waals surface area contributed by atoms with E-state index in [2.05, 4.69) is 39.8 Å². The lowest BCUT2D eigenvalue weighted by Crippen LogP contribution is -2.05. The molecule has 2 aromatic carbocycles. The second-order valence-corrected chi connectivity index (χ2v) is 10.3. The van der Waals surface area contributed by atoms with Gasteiger partial charge in [-0.3, -0.25) is 4.79 Å². The van der Waals surface area contributed by atoms with Crippen molar-refractivity contribution in [1.29, 1.82) is 0 Å². The lowest BCUT2D eigenvalue weighted by atomic mass is 10.0. The monoisotopic (exact) mass is 536 g/mol. The molecule has 0 saturated carbocycles. The zero-order valence-corrected chi connectivity index (χ0v) is 25.1. The molecule has 0 heterocycles. The molecule has 0 aliphatic heterocycles. The van der Waals surface area contributed by atoms with Gasteiger partial charge in [-0.15, -0.1) is 0 Å². The molecular weight excluding hydrogens is 484 g/mol. The Kier molecular flexibility index (Phi) is 16.8. The summed E-state index contributed by atoms with van der Waals surface area (Å²) in [6.07, 6.45) is 18.2. The molecule has 0 spiro atoms. The molecule has 0 aliphatic rings. The maximum atomic E-state index is 13.5. The largest absolute Gasteiger partial charge is 0.494 e. The Bertz CT molecular complexity index is 979. The van der Waals surface area contributed by atoms with Crippen molar-refractivity contribution in [2.75, 3.05) is 19.8 Å². The first-order valence-electron chi connectivity index (χ1n) is 15.5. The third-order valence-electron chi connectivity index (χ3n) is 6.89. The number of carbonyl (C=O) groups is 1. The number of allylic oxidation sites excluding steroid dienone is 1. The summed E-state index contributed by atoms with van der Waals surface area (Å²) in [5.74, 6) is 2.06. The van der Waals surface area contributed by atoms with Crippen molar-refractivity contribution in [1.82, 2.24) is 0 Å². The summed E-state index contributed by atoms with van der Waals surface area (Å²) in [6, 6.07) is 11.9. The number of aryl methyl sites for hydroxylation is 1. The van der Waals surface area contributed by atoms with Crippen LogP contribution in [0.2, 0.25) is 0 Å². The standard InChI is InChI=1S/C35H52O4/c1-5-9-12-15-24-37-31-20-23-35(39-26-17-14-11-7-3)32(28-31)33(36)21-19-30-27-29(8-4)18-22-34(30)38-25-16-13-10-6-2/h18-23,27-28H,5-17,24-26H2,1-4H3. The first-order valence-corrected chi connectivity index (χ1v) is 15.5. The van der Waals surface area contributed by atoms with E-state index in [0.29, 0.717) is 36.9 Å². The van der Waals surface area contributed by atoms with Crippen LogP contribution in [0.5, 0.6) is 17.2 Å². The predicted octanol–water partition coefficient (Wildman–Crippen LogP) is 10.0. The maximum absolute atomic E-state index is 13.5. The van der Waals surface area contributed by atoms with Crippen molar-refractivity contribution in [2.24, 2.45) is 0 Å². The van der Waals surface area contributed by atoms with Gasteiger partial charge in [-0.1, -0.05) is 91.5 Å². The molecule has 0 atom stereocenters. The van der Waals surface area contributed by atoms with Crippen LogP contribution in [0.3, 0.4) is 0 Å². The van der Waals surface area contributed by atoms with Gasteiger partial charge in [0.25, 0.3) is 0 Å². The summed E-state index contributed by atoms with van der Waals surface area (Å²) in [5.41, 5.74) is 2.69. The van der Waals surface area contributed by atoms with Gasteiger partial charge in [0.1, 0.15) is 17.2 Å². The van der Waals surface area contributed by atoms with Crippen molar-refractivity contribution in [3.63, 3.8) is 0 Å². The van der Waals surface area contributed by atoms with Gasteiger partial charge in [-0.25, -0.2) is 0 Å². The van der Waals surface area contributed by atoms with Crippen LogP contribution in [0.1, 0.15) is 126 Å². The van der Waals surface area contributed by atoms with Gasteiger partial charge in [0, 0.05) is 5.56 Å². The van der Waals surface area contributed by atoms with Crippen LogP contribution in [0.4, 0.5) is 0 Å². The number of unbranched alkanes of at least 4 members (excludes halogenated alkanes) is 9. The molecule has 0 amide bonds. The van der Waals surface area contributed by atoms with Gasteiger partial charge in [-0.2, -0.15) is 0 Å². The number of ether oxygens (including phenoxy) is 3. The average molecular weight is 537 g/mol. The molecule has 0 N–H and O–H groups in total. The van der Waals surface area contributed by atoms with E-state index in [-0.39, 0.29) is 5.78 Å². The fourth-order valence-corrected chi connectivity index (χ4v) is 4.39. The summed E-state index contributed by atoms with van der Waals surface area (Å²) >= 11 is 0. The smallest absolute Gasteiger partial charge is 0.189 e. The van der Waals surface area contributed by atoms with E-state index < -0.39 is 0 Å². The molecule has 0 fully saturated rings. The van der Waals surface area contributed by atoms with Crippen LogP contribution in [0.15, 0.2) is 42.5 Å². The summed E-state index contributed by atoms with van der Waals surface area (Å²) < 4.78 is 18.2. The second kappa shape index (κ2) is 20.2. The third-order valence-corrected chi connectivity index (χ3v) is 6.89. The van der Waals surface area contributed by atoms with E-state index >= 15 is 0 Å². The van der Waals surface area contributed by atoms with Crippen molar-refractivity contribution in [2.45, 2.75) is 111 Å². The minimum atomic E-state index is -0.0919. The number of ketones is 1. The number of rotatable bonds is 22. The first-order chi connectivity index (χ1) is 19.1. The van der Waals surface area contributed by atoms with Gasteiger partial charge < -0.3 is 14.2 Å². The molecule has 0 unspecified atom stereocenters. The Morgan fingerprint density at radius 1 is 0.641 bits per heavy atom. The maximum Gasteiger partial charge on any atom is 0.189 e. The summed E-state index contributed by atoms with van der Waals surface area (Å²) in [6.45, 7) is 10.7. The van der Waals surface area contributed by atoms with E-state index in [4.69, 9.17) is 14.2 Å². The fourth-order valence-electron chi connectivity index (χ4n) is 4.39. The number of carbonyl (C=O) groups excluding carboxylic acids is 1. The normalized spacial score (nSPS) is 11.2. The Labute approximate surface area is 238 Å². The quantitative estimate of drug-likeness (QED) is 0.0853. The molecule has 0 radical (unpaired) electrons. The highest BCUT2D eigenvalue weighted by Gasteiger charge is 2.13. The van der Waals surface area contributed by atoms with E-state index in [1.54, 1.807) is 6.08 Å². The van der Waals surface area contributed by atoms with E-state index in [1.165, 1.54) is 50.5 Å². The second-order valence-electron chi connectivity index (χ2n) is 10.3. The molecule has 4 nitrogen and oxygen atoms in total. The summed E-state index contributed by atoms with van der Waals surface area (Å²) in [4.78, 5) is 13.5. The van der Waals surface area contributed by atoms with E-state index in [9.17, 15) is 4.79 Å². The van der Waals surface area contributed by atoms with Crippen LogP contribution in [0.25, 0.3) is 6.08 Å². The topological polar surface area (TPSA) is 44.8 Å². The zero-order chi connectivity index (χ0) is 28.1. The Morgan fingerprint density at radius 3 is 1.79 bits per heavy atom. The van der Waals surface area contributed by atoms with Crippen molar-refractivity contribution < 1.29 is 19.0 Å².